The van der Waals surface area contributed by atoms with Crippen LogP contribution < -0.4 is 5.48 Å². The van der Waals surface area contributed by atoms with Crippen molar-refractivity contribution < 1.29 is 9.63 Å². The maximum absolute atomic E-state index is 11.0. The number of amides is 1. The number of hydrogen-bond donors (Lipinski definition) is 1. The van der Waals surface area contributed by atoms with Gasteiger partial charge in [0.05, 0.1) is 6.61 Å². The topological polar surface area (TPSA) is 38.3 Å². The summed E-state index contributed by atoms with van der Waals surface area (Å²) in [5, 5.41) is 0. The summed E-state index contributed by atoms with van der Waals surface area (Å²) in [5.74, 6) is -0.209. The number of halogens is 1. The van der Waals surface area contributed by atoms with E-state index < -0.39 is 4.32 Å². The van der Waals surface area contributed by atoms with Crippen molar-refractivity contribution in [3.8, 4) is 0 Å². The molecule has 0 heterocycles. The molecule has 0 saturated carbocycles. The molecule has 0 rings (SSSR count). The molecule has 0 aromatic heterocycles. The van der Waals surface area contributed by atoms with Gasteiger partial charge in [0, 0.05) is 0 Å². The first kappa shape index (κ1) is 10.7. The fourth-order valence-corrected chi connectivity index (χ4v) is 0.368. The highest BCUT2D eigenvalue weighted by atomic mass is 79.9. The van der Waals surface area contributed by atoms with Crippen molar-refractivity contribution >= 4 is 21.8 Å². The first-order valence-electron chi connectivity index (χ1n) is 3.20. The molecule has 0 aliphatic heterocycles. The standard InChI is InChI=1S/C7H12BrNO2/c1-4-5-11-9-6(10)7(2,3)8/h4H,1,5H2,2-3H3,(H,9,10). The number of carbonyl (C=O) groups is 1. The maximum atomic E-state index is 11.0. The third-order valence-electron chi connectivity index (χ3n) is 0.906. The normalized spacial score (nSPS) is 10.8. The molecule has 1 amide bonds. The number of carbonyl (C=O) groups excluding carboxylic acids is 1. The van der Waals surface area contributed by atoms with Gasteiger partial charge in [-0.1, -0.05) is 22.0 Å². The van der Waals surface area contributed by atoms with Gasteiger partial charge in [-0.15, -0.1) is 6.58 Å². The van der Waals surface area contributed by atoms with Gasteiger partial charge in [0.1, 0.15) is 4.32 Å². The van der Waals surface area contributed by atoms with E-state index in [1.807, 2.05) is 0 Å². The Morgan fingerprint density at radius 2 is 2.36 bits per heavy atom. The fraction of sp³-hybridized carbons (Fsp3) is 0.571. The van der Waals surface area contributed by atoms with Gasteiger partial charge in [-0.25, -0.2) is 5.48 Å². The highest BCUT2D eigenvalue weighted by molar-refractivity contribution is 9.10. The quantitative estimate of drug-likeness (QED) is 0.338. The number of hydrogen-bond acceptors (Lipinski definition) is 2. The van der Waals surface area contributed by atoms with E-state index >= 15 is 0 Å². The van der Waals surface area contributed by atoms with E-state index in [1.54, 1.807) is 19.9 Å². The van der Waals surface area contributed by atoms with Gasteiger partial charge in [0.25, 0.3) is 5.91 Å². The van der Waals surface area contributed by atoms with E-state index in [4.69, 9.17) is 4.84 Å². The third-order valence-corrected chi connectivity index (χ3v) is 1.27. The summed E-state index contributed by atoms with van der Waals surface area (Å²) in [7, 11) is 0. The Bertz CT molecular complexity index is 151. The summed E-state index contributed by atoms with van der Waals surface area (Å²) in [6.45, 7) is 7.22. The summed E-state index contributed by atoms with van der Waals surface area (Å²) in [6.07, 6.45) is 1.56. The molecular weight excluding hydrogens is 210 g/mol. The monoisotopic (exact) mass is 221 g/mol. The minimum Gasteiger partial charge on any atom is -0.271 e. The molecule has 0 fully saturated rings. The van der Waals surface area contributed by atoms with Crippen molar-refractivity contribution in [2.45, 2.75) is 18.2 Å². The van der Waals surface area contributed by atoms with Crippen LogP contribution in [0.5, 0.6) is 0 Å². The lowest BCUT2D eigenvalue weighted by Crippen LogP contribution is -2.37. The zero-order valence-electron chi connectivity index (χ0n) is 6.69. The van der Waals surface area contributed by atoms with Gasteiger partial charge in [-0.3, -0.25) is 9.63 Å². The third kappa shape index (κ3) is 4.98. The van der Waals surface area contributed by atoms with Gasteiger partial charge in [-0.05, 0) is 13.8 Å². The van der Waals surface area contributed by atoms with Crippen LogP contribution in [-0.4, -0.2) is 16.8 Å². The Morgan fingerprint density at radius 3 is 2.73 bits per heavy atom. The molecule has 0 aromatic rings. The zero-order valence-corrected chi connectivity index (χ0v) is 8.27. The highest BCUT2D eigenvalue weighted by Gasteiger charge is 2.23. The number of nitrogens with one attached hydrogen (secondary N) is 1. The summed E-state index contributed by atoms with van der Waals surface area (Å²) >= 11 is 3.18. The predicted octanol–water partition coefficient (Wildman–Crippen LogP) is 1.39. The second-order valence-electron chi connectivity index (χ2n) is 2.50. The molecule has 0 atom stereocenters. The lowest BCUT2D eigenvalue weighted by atomic mass is 10.2. The van der Waals surface area contributed by atoms with Gasteiger partial charge < -0.3 is 0 Å². The molecule has 1 N–H and O–H groups in total. The van der Waals surface area contributed by atoms with Crippen molar-refractivity contribution in [1.82, 2.24) is 5.48 Å². The molecule has 11 heavy (non-hydrogen) atoms. The molecule has 3 nitrogen and oxygen atoms in total. The Balaban J connectivity index is 3.62. The molecule has 0 saturated heterocycles. The van der Waals surface area contributed by atoms with E-state index in [2.05, 4.69) is 28.0 Å². The van der Waals surface area contributed by atoms with Gasteiger partial charge in [0.2, 0.25) is 0 Å². The fourth-order valence-electron chi connectivity index (χ4n) is 0.287. The van der Waals surface area contributed by atoms with E-state index in [1.165, 1.54) is 0 Å². The van der Waals surface area contributed by atoms with Crippen LogP contribution in [0, 0.1) is 0 Å². The largest absolute Gasteiger partial charge is 0.271 e. The molecule has 0 aromatic carbocycles. The van der Waals surface area contributed by atoms with Crippen molar-refractivity contribution in [1.29, 1.82) is 0 Å². The van der Waals surface area contributed by atoms with Crippen LogP contribution >= 0.6 is 15.9 Å². The Hall–Kier alpha value is -0.350. The molecule has 0 radical (unpaired) electrons. The van der Waals surface area contributed by atoms with Crippen molar-refractivity contribution in [3.63, 3.8) is 0 Å². The molecule has 4 heteroatoms. The maximum Gasteiger partial charge on any atom is 0.259 e. The van der Waals surface area contributed by atoms with Crippen molar-refractivity contribution in [3.05, 3.63) is 12.7 Å². The van der Waals surface area contributed by atoms with Gasteiger partial charge in [0.15, 0.2) is 0 Å². The van der Waals surface area contributed by atoms with Crippen molar-refractivity contribution in [2.24, 2.45) is 0 Å². The smallest absolute Gasteiger partial charge is 0.259 e. The first-order valence-corrected chi connectivity index (χ1v) is 4.00. The number of alkyl halides is 1. The highest BCUT2D eigenvalue weighted by Crippen LogP contribution is 2.14. The summed E-state index contributed by atoms with van der Waals surface area (Å²) < 4.78 is -0.589. The van der Waals surface area contributed by atoms with E-state index in [9.17, 15) is 4.79 Å². The average molecular weight is 222 g/mol. The van der Waals surface area contributed by atoms with E-state index in [0.717, 1.165) is 0 Å². The van der Waals surface area contributed by atoms with Crippen LogP contribution in [0.2, 0.25) is 0 Å². The lowest BCUT2D eigenvalue weighted by molar-refractivity contribution is -0.134. The number of hydroxylamine groups is 1. The molecule has 0 bridgehead atoms. The predicted molar refractivity (Wildman–Crippen MR) is 47.3 cm³/mol. The van der Waals surface area contributed by atoms with Gasteiger partial charge >= 0.3 is 0 Å². The minimum atomic E-state index is -0.589. The molecule has 0 unspecified atom stereocenters. The zero-order chi connectivity index (χ0) is 8.91. The first-order chi connectivity index (χ1) is 4.98. The van der Waals surface area contributed by atoms with E-state index in [0.29, 0.717) is 6.61 Å². The van der Waals surface area contributed by atoms with Crippen LogP contribution in [-0.2, 0) is 9.63 Å². The second kappa shape index (κ2) is 4.51. The van der Waals surface area contributed by atoms with Crippen LogP contribution in [0.15, 0.2) is 12.7 Å². The average Bonchev–Trinajstić information content (AvgIpc) is 1.86. The SMILES string of the molecule is C=CCONC(=O)C(C)(C)Br. The second-order valence-corrected chi connectivity index (χ2v) is 4.49. The number of rotatable bonds is 4. The van der Waals surface area contributed by atoms with E-state index in [-0.39, 0.29) is 5.91 Å². The van der Waals surface area contributed by atoms with Crippen molar-refractivity contribution in [2.75, 3.05) is 6.61 Å². The summed E-state index contributed by atoms with van der Waals surface area (Å²) in [4.78, 5) is 15.7. The Morgan fingerprint density at radius 1 is 1.82 bits per heavy atom. The summed E-state index contributed by atoms with van der Waals surface area (Å²) in [6, 6.07) is 0. The van der Waals surface area contributed by atoms with Gasteiger partial charge in [-0.2, -0.15) is 0 Å². The molecule has 0 aliphatic rings. The molecule has 64 valence electrons. The van der Waals surface area contributed by atoms with Crippen LogP contribution in [0.4, 0.5) is 0 Å². The van der Waals surface area contributed by atoms with Crippen LogP contribution in [0.25, 0.3) is 0 Å². The lowest BCUT2D eigenvalue weighted by Gasteiger charge is -2.14. The summed E-state index contributed by atoms with van der Waals surface area (Å²) in [5.41, 5.74) is 2.27. The minimum absolute atomic E-state index is 0.209. The molecular formula is C7H12BrNO2. The Kier molecular flexibility index (Phi) is 4.37. The molecule has 0 spiro atoms. The molecule has 0 aliphatic carbocycles. The van der Waals surface area contributed by atoms with Crippen LogP contribution in [0.3, 0.4) is 0 Å². The Labute approximate surface area is 74.9 Å². The van der Waals surface area contributed by atoms with Crippen LogP contribution in [0.1, 0.15) is 13.8 Å².